The second-order valence-electron chi connectivity index (χ2n) is 3.40. The third-order valence-electron chi connectivity index (χ3n) is 2.07. The first-order valence-corrected chi connectivity index (χ1v) is 4.36. The van der Waals surface area contributed by atoms with Crippen molar-refractivity contribution < 1.29 is 0 Å². The van der Waals surface area contributed by atoms with Crippen molar-refractivity contribution in [3.63, 3.8) is 0 Å². The molecule has 0 aliphatic heterocycles. The zero-order valence-electron chi connectivity index (χ0n) is 8.04. The highest BCUT2D eigenvalue weighted by atomic mass is 15.1. The van der Waals surface area contributed by atoms with Crippen LogP contribution in [0.5, 0.6) is 0 Å². The van der Waals surface area contributed by atoms with Gasteiger partial charge in [0.1, 0.15) is 0 Å². The average molecular weight is 162 g/mol. The minimum absolute atomic E-state index is 0.596. The SMILES string of the molecule is CC(C)N(C)Cc1[c]cccc1. The van der Waals surface area contributed by atoms with E-state index in [1.807, 2.05) is 12.1 Å². The van der Waals surface area contributed by atoms with E-state index < -0.39 is 0 Å². The normalized spacial score (nSPS) is 11.1. The first-order chi connectivity index (χ1) is 5.70. The minimum atomic E-state index is 0.596. The highest BCUT2D eigenvalue weighted by Crippen LogP contribution is 2.04. The number of nitrogens with zero attached hydrogens (tertiary/aromatic N) is 1. The molecule has 1 aromatic rings. The molecule has 0 spiro atoms. The smallest absolute Gasteiger partial charge is 0.0239 e. The maximum absolute atomic E-state index is 3.21. The molecular formula is C11H16N. The van der Waals surface area contributed by atoms with Crippen molar-refractivity contribution in [2.45, 2.75) is 26.4 Å². The van der Waals surface area contributed by atoms with Gasteiger partial charge in [-0.2, -0.15) is 0 Å². The molecule has 0 saturated heterocycles. The first kappa shape index (κ1) is 9.27. The summed E-state index contributed by atoms with van der Waals surface area (Å²) in [6.07, 6.45) is 0. The van der Waals surface area contributed by atoms with Crippen molar-refractivity contribution in [3.8, 4) is 0 Å². The van der Waals surface area contributed by atoms with Crippen LogP contribution in [-0.4, -0.2) is 18.0 Å². The summed E-state index contributed by atoms with van der Waals surface area (Å²) < 4.78 is 0. The van der Waals surface area contributed by atoms with Gasteiger partial charge in [-0.15, -0.1) is 0 Å². The van der Waals surface area contributed by atoms with E-state index in [2.05, 4.69) is 44.0 Å². The molecule has 0 aliphatic rings. The Labute approximate surface area is 75.0 Å². The van der Waals surface area contributed by atoms with E-state index in [0.717, 1.165) is 6.54 Å². The van der Waals surface area contributed by atoms with E-state index in [1.165, 1.54) is 5.56 Å². The Kier molecular flexibility index (Phi) is 3.30. The van der Waals surface area contributed by atoms with E-state index in [4.69, 9.17) is 0 Å². The lowest BCUT2D eigenvalue weighted by Crippen LogP contribution is -2.25. The third-order valence-corrected chi connectivity index (χ3v) is 2.07. The van der Waals surface area contributed by atoms with Crippen molar-refractivity contribution in [1.82, 2.24) is 4.90 Å². The van der Waals surface area contributed by atoms with Crippen LogP contribution in [0.1, 0.15) is 19.4 Å². The molecule has 1 heteroatoms. The van der Waals surface area contributed by atoms with E-state index in [9.17, 15) is 0 Å². The van der Waals surface area contributed by atoms with Gasteiger partial charge in [-0.25, -0.2) is 0 Å². The fourth-order valence-corrected chi connectivity index (χ4v) is 0.980. The van der Waals surface area contributed by atoms with E-state index in [0.29, 0.717) is 6.04 Å². The molecule has 0 unspecified atom stereocenters. The Balaban J connectivity index is 2.53. The van der Waals surface area contributed by atoms with Crippen molar-refractivity contribution >= 4 is 0 Å². The molecule has 1 nitrogen and oxygen atoms in total. The Morgan fingerprint density at radius 1 is 1.42 bits per heavy atom. The molecule has 0 amide bonds. The van der Waals surface area contributed by atoms with Gasteiger partial charge < -0.3 is 0 Å². The molecule has 0 aromatic heterocycles. The topological polar surface area (TPSA) is 3.24 Å². The Hall–Kier alpha value is -0.820. The fourth-order valence-electron chi connectivity index (χ4n) is 0.980. The number of hydrogen-bond donors (Lipinski definition) is 0. The Bertz CT molecular complexity index is 216. The van der Waals surface area contributed by atoms with Crippen LogP contribution in [0.15, 0.2) is 24.3 Å². The zero-order valence-corrected chi connectivity index (χ0v) is 8.04. The van der Waals surface area contributed by atoms with Crippen molar-refractivity contribution in [2.75, 3.05) is 7.05 Å². The van der Waals surface area contributed by atoms with E-state index in [1.54, 1.807) is 0 Å². The Morgan fingerprint density at radius 2 is 2.17 bits per heavy atom. The summed E-state index contributed by atoms with van der Waals surface area (Å²) in [6.45, 7) is 5.38. The summed E-state index contributed by atoms with van der Waals surface area (Å²) >= 11 is 0. The molecule has 1 radical (unpaired) electrons. The molecule has 1 aromatic carbocycles. The van der Waals surface area contributed by atoms with Crippen LogP contribution >= 0.6 is 0 Å². The quantitative estimate of drug-likeness (QED) is 0.659. The summed E-state index contributed by atoms with van der Waals surface area (Å²) in [5, 5.41) is 0. The summed E-state index contributed by atoms with van der Waals surface area (Å²) in [6, 6.07) is 11.9. The van der Waals surface area contributed by atoms with Gasteiger partial charge >= 0.3 is 0 Å². The highest BCUT2D eigenvalue weighted by Gasteiger charge is 2.02. The molecule has 0 atom stereocenters. The van der Waals surface area contributed by atoms with Gasteiger partial charge in [-0.05, 0) is 32.5 Å². The fraction of sp³-hybridized carbons (Fsp3) is 0.455. The molecule has 12 heavy (non-hydrogen) atoms. The second kappa shape index (κ2) is 4.27. The first-order valence-electron chi connectivity index (χ1n) is 4.36. The van der Waals surface area contributed by atoms with Crippen LogP contribution in [0.3, 0.4) is 0 Å². The number of hydrogen-bond acceptors (Lipinski definition) is 1. The van der Waals surface area contributed by atoms with E-state index in [-0.39, 0.29) is 0 Å². The summed E-state index contributed by atoms with van der Waals surface area (Å²) in [4.78, 5) is 2.30. The largest absolute Gasteiger partial charge is 0.300 e. The van der Waals surface area contributed by atoms with Crippen LogP contribution in [-0.2, 0) is 6.54 Å². The predicted octanol–water partition coefficient (Wildman–Crippen LogP) is 2.33. The predicted molar refractivity (Wildman–Crippen MR) is 51.9 cm³/mol. The van der Waals surface area contributed by atoms with Gasteiger partial charge in [0.25, 0.3) is 0 Å². The molecular weight excluding hydrogens is 146 g/mol. The van der Waals surface area contributed by atoms with Gasteiger partial charge in [0, 0.05) is 12.6 Å². The zero-order chi connectivity index (χ0) is 8.97. The molecule has 0 fully saturated rings. The van der Waals surface area contributed by atoms with Gasteiger partial charge in [0.05, 0.1) is 0 Å². The van der Waals surface area contributed by atoms with Crippen molar-refractivity contribution in [1.29, 1.82) is 0 Å². The lowest BCUT2D eigenvalue weighted by atomic mass is 10.2. The summed E-state index contributed by atoms with van der Waals surface area (Å²) in [7, 11) is 2.13. The van der Waals surface area contributed by atoms with Crippen LogP contribution in [0.4, 0.5) is 0 Å². The third kappa shape index (κ3) is 2.67. The van der Waals surface area contributed by atoms with Crippen molar-refractivity contribution in [2.24, 2.45) is 0 Å². The number of benzene rings is 1. The lowest BCUT2D eigenvalue weighted by molar-refractivity contribution is 0.265. The molecule has 65 valence electrons. The monoisotopic (exact) mass is 162 g/mol. The maximum Gasteiger partial charge on any atom is 0.0239 e. The van der Waals surface area contributed by atoms with Crippen molar-refractivity contribution in [3.05, 3.63) is 35.9 Å². The van der Waals surface area contributed by atoms with Gasteiger partial charge in [-0.1, -0.05) is 24.3 Å². The molecule has 0 heterocycles. The lowest BCUT2D eigenvalue weighted by Gasteiger charge is -2.20. The van der Waals surface area contributed by atoms with Crippen LogP contribution < -0.4 is 0 Å². The average Bonchev–Trinajstić information content (AvgIpc) is 2.06. The number of rotatable bonds is 3. The standard InChI is InChI=1S/C11H16N/c1-10(2)12(3)9-11-7-5-4-6-8-11/h4-7,10H,9H2,1-3H3. The second-order valence-corrected chi connectivity index (χ2v) is 3.40. The molecule has 0 N–H and O–H groups in total. The van der Waals surface area contributed by atoms with Gasteiger partial charge in [-0.3, -0.25) is 4.90 Å². The Morgan fingerprint density at radius 3 is 2.67 bits per heavy atom. The highest BCUT2D eigenvalue weighted by molar-refractivity contribution is 5.12. The molecule has 0 aliphatic carbocycles. The maximum atomic E-state index is 3.21. The van der Waals surface area contributed by atoms with Crippen LogP contribution in [0, 0.1) is 6.07 Å². The minimum Gasteiger partial charge on any atom is -0.300 e. The molecule has 1 rings (SSSR count). The summed E-state index contributed by atoms with van der Waals surface area (Å²) in [5.74, 6) is 0. The summed E-state index contributed by atoms with van der Waals surface area (Å²) in [5.41, 5.74) is 1.26. The van der Waals surface area contributed by atoms with Crippen LogP contribution in [0.25, 0.3) is 0 Å². The van der Waals surface area contributed by atoms with E-state index >= 15 is 0 Å². The molecule has 0 saturated carbocycles. The molecule has 0 bridgehead atoms. The van der Waals surface area contributed by atoms with Gasteiger partial charge in [0.2, 0.25) is 0 Å². The van der Waals surface area contributed by atoms with Crippen LogP contribution in [0.2, 0.25) is 0 Å². The van der Waals surface area contributed by atoms with Gasteiger partial charge in [0.15, 0.2) is 0 Å².